The molecular formula is C25H23FN2O2. The normalized spacial score (nSPS) is 11.9. The van der Waals surface area contributed by atoms with Gasteiger partial charge in [-0.15, -0.1) is 0 Å². The standard InChI is InChI=1S/C25H23FN2O2/c1-30-24-9-5-3-7-20(24)21(22-16-27-23-8-4-2-6-19(22)23)14-25(29)28-15-17-10-12-18(26)13-11-17/h2-13,16,21,27H,14-15H2,1H3,(H,28,29). The Morgan fingerprint density at radius 2 is 1.73 bits per heavy atom. The number of carbonyl (C=O) groups is 1. The lowest BCUT2D eigenvalue weighted by atomic mass is 9.87. The second-order valence-electron chi connectivity index (χ2n) is 7.19. The summed E-state index contributed by atoms with van der Waals surface area (Å²) in [5.74, 6) is 0.200. The summed E-state index contributed by atoms with van der Waals surface area (Å²) in [5.41, 5.74) is 3.89. The molecule has 0 spiro atoms. The first kappa shape index (κ1) is 19.7. The van der Waals surface area contributed by atoms with Crippen LogP contribution in [0.2, 0.25) is 0 Å². The van der Waals surface area contributed by atoms with Crippen LogP contribution in [0, 0.1) is 5.82 Å². The fourth-order valence-electron chi connectivity index (χ4n) is 3.78. The van der Waals surface area contributed by atoms with Crippen LogP contribution in [-0.2, 0) is 11.3 Å². The third kappa shape index (κ3) is 4.20. The fraction of sp³-hybridized carbons (Fsp3) is 0.160. The number of amides is 1. The summed E-state index contributed by atoms with van der Waals surface area (Å²) in [6.07, 6.45) is 2.23. The average Bonchev–Trinajstić information content (AvgIpc) is 3.21. The van der Waals surface area contributed by atoms with Crippen molar-refractivity contribution < 1.29 is 13.9 Å². The van der Waals surface area contributed by atoms with Gasteiger partial charge >= 0.3 is 0 Å². The molecule has 1 aromatic heterocycles. The number of H-pyrrole nitrogens is 1. The van der Waals surface area contributed by atoms with Crippen molar-refractivity contribution >= 4 is 16.8 Å². The number of carbonyl (C=O) groups excluding carboxylic acids is 1. The molecule has 1 unspecified atom stereocenters. The van der Waals surface area contributed by atoms with Gasteiger partial charge in [0.1, 0.15) is 11.6 Å². The minimum absolute atomic E-state index is 0.0829. The van der Waals surface area contributed by atoms with E-state index in [0.717, 1.165) is 33.3 Å². The number of methoxy groups -OCH3 is 1. The monoisotopic (exact) mass is 402 g/mol. The molecule has 0 aliphatic rings. The molecule has 0 fully saturated rings. The van der Waals surface area contributed by atoms with E-state index in [1.54, 1.807) is 19.2 Å². The molecule has 0 aliphatic heterocycles. The van der Waals surface area contributed by atoms with Gasteiger partial charge in [-0.2, -0.15) is 0 Å². The highest BCUT2D eigenvalue weighted by molar-refractivity contribution is 5.86. The molecular weight excluding hydrogens is 379 g/mol. The topological polar surface area (TPSA) is 54.1 Å². The van der Waals surface area contributed by atoms with Gasteiger partial charge < -0.3 is 15.0 Å². The number of ether oxygens (including phenoxy) is 1. The van der Waals surface area contributed by atoms with E-state index >= 15 is 0 Å². The minimum Gasteiger partial charge on any atom is -0.496 e. The molecule has 4 nitrogen and oxygen atoms in total. The van der Waals surface area contributed by atoms with Crippen LogP contribution >= 0.6 is 0 Å². The molecule has 0 saturated heterocycles. The summed E-state index contributed by atoms with van der Waals surface area (Å²) in [7, 11) is 1.64. The summed E-state index contributed by atoms with van der Waals surface area (Å²) in [6.45, 7) is 0.353. The molecule has 152 valence electrons. The van der Waals surface area contributed by atoms with E-state index in [1.807, 2.05) is 48.7 Å². The Morgan fingerprint density at radius 3 is 2.53 bits per heavy atom. The van der Waals surface area contributed by atoms with Crippen LogP contribution in [0.5, 0.6) is 5.75 Å². The Bertz CT molecular complexity index is 1150. The Kier molecular flexibility index (Phi) is 5.80. The zero-order valence-electron chi connectivity index (χ0n) is 16.7. The first-order valence-corrected chi connectivity index (χ1v) is 9.86. The molecule has 4 aromatic rings. The van der Waals surface area contributed by atoms with Crippen molar-refractivity contribution in [3.63, 3.8) is 0 Å². The van der Waals surface area contributed by atoms with E-state index < -0.39 is 0 Å². The average molecular weight is 402 g/mol. The van der Waals surface area contributed by atoms with Gasteiger partial charge in [-0.1, -0.05) is 48.5 Å². The number of benzene rings is 3. The maximum Gasteiger partial charge on any atom is 0.221 e. The van der Waals surface area contributed by atoms with Gasteiger partial charge in [0.05, 0.1) is 7.11 Å². The Balaban J connectivity index is 1.62. The van der Waals surface area contributed by atoms with Crippen molar-refractivity contribution in [1.82, 2.24) is 10.3 Å². The molecule has 0 bridgehead atoms. The molecule has 0 radical (unpaired) electrons. The molecule has 2 N–H and O–H groups in total. The number of halogens is 1. The second-order valence-corrected chi connectivity index (χ2v) is 7.19. The van der Waals surface area contributed by atoms with E-state index in [0.29, 0.717) is 6.54 Å². The highest BCUT2D eigenvalue weighted by atomic mass is 19.1. The molecule has 1 heterocycles. The smallest absolute Gasteiger partial charge is 0.221 e. The van der Waals surface area contributed by atoms with Crippen LogP contribution in [0.3, 0.4) is 0 Å². The maximum atomic E-state index is 13.1. The SMILES string of the molecule is COc1ccccc1C(CC(=O)NCc1ccc(F)cc1)c1c[nH]c2ccccc12. The van der Waals surface area contributed by atoms with Gasteiger partial charge in [-0.3, -0.25) is 4.79 Å². The molecule has 1 amide bonds. The van der Waals surface area contributed by atoms with Gasteiger partial charge in [-0.25, -0.2) is 4.39 Å². The highest BCUT2D eigenvalue weighted by Gasteiger charge is 2.24. The Morgan fingerprint density at radius 1 is 1.00 bits per heavy atom. The van der Waals surface area contributed by atoms with Crippen LogP contribution < -0.4 is 10.1 Å². The first-order chi connectivity index (χ1) is 14.7. The molecule has 5 heteroatoms. The first-order valence-electron chi connectivity index (χ1n) is 9.86. The zero-order chi connectivity index (χ0) is 20.9. The number of rotatable bonds is 7. The molecule has 1 atom stereocenters. The molecule has 3 aromatic carbocycles. The molecule has 4 rings (SSSR count). The lowest BCUT2D eigenvalue weighted by molar-refractivity contribution is -0.121. The van der Waals surface area contributed by atoms with Gasteiger partial charge in [0, 0.05) is 41.5 Å². The molecule has 0 aliphatic carbocycles. The van der Waals surface area contributed by atoms with Crippen molar-refractivity contribution in [2.45, 2.75) is 18.9 Å². The summed E-state index contributed by atoms with van der Waals surface area (Å²) in [6, 6.07) is 22.0. The predicted molar refractivity (Wildman–Crippen MR) is 116 cm³/mol. The van der Waals surface area contributed by atoms with E-state index in [2.05, 4.69) is 16.4 Å². The number of nitrogens with one attached hydrogen (secondary N) is 2. The van der Waals surface area contributed by atoms with Crippen LogP contribution in [0.4, 0.5) is 4.39 Å². The summed E-state index contributed by atoms with van der Waals surface area (Å²) in [4.78, 5) is 16.2. The van der Waals surface area contributed by atoms with Crippen molar-refractivity contribution in [1.29, 1.82) is 0 Å². The van der Waals surface area contributed by atoms with Crippen LogP contribution in [0.1, 0.15) is 29.0 Å². The van der Waals surface area contributed by atoms with E-state index in [-0.39, 0.29) is 24.1 Å². The zero-order valence-corrected chi connectivity index (χ0v) is 16.7. The van der Waals surface area contributed by atoms with E-state index in [9.17, 15) is 9.18 Å². The second kappa shape index (κ2) is 8.82. The molecule has 30 heavy (non-hydrogen) atoms. The van der Waals surface area contributed by atoms with E-state index in [4.69, 9.17) is 4.74 Å². The number of para-hydroxylation sites is 2. The Labute approximate surface area is 174 Å². The van der Waals surface area contributed by atoms with Gasteiger partial charge in [-0.05, 0) is 35.4 Å². The third-order valence-electron chi connectivity index (χ3n) is 5.30. The van der Waals surface area contributed by atoms with Gasteiger partial charge in [0.2, 0.25) is 5.91 Å². The summed E-state index contributed by atoms with van der Waals surface area (Å²) >= 11 is 0. The van der Waals surface area contributed by atoms with Gasteiger partial charge in [0.25, 0.3) is 0 Å². The number of fused-ring (bicyclic) bond motifs is 1. The number of aromatic amines is 1. The maximum absolute atomic E-state index is 13.1. The van der Waals surface area contributed by atoms with Crippen LogP contribution in [0.15, 0.2) is 79.0 Å². The van der Waals surface area contributed by atoms with Crippen molar-refractivity contribution in [3.05, 3.63) is 102 Å². The number of hydrogen-bond acceptors (Lipinski definition) is 2. The van der Waals surface area contributed by atoms with Gasteiger partial charge in [0.15, 0.2) is 0 Å². The Hall–Kier alpha value is -3.60. The minimum atomic E-state index is -0.291. The van der Waals surface area contributed by atoms with Crippen molar-refractivity contribution in [3.8, 4) is 5.75 Å². The third-order valence-corrected chi connectivity index (χ3v) is 5.30. The number of hydrogen-bond donors (Lipinski definition) is 2. The van der Waals surface area contributed by atoms with Crippen molar-refractivity contribution in [2.75, 3.05) is 7.11 Å². The quantitative estimate of drug-likeness (QED) is 0.449. The number of aromatic nitrogens is 1. The highest BCUT2D eigenvalue weighted by Crippen LogP contribution is 2.37. The largest absolute Gasteiger partial charge is 0.496 e. The van der Waals surface area contributed by atoms with Crippen LogP contribution in [0.25, 0.3) is 10.9 Å². The fourth-order valence-corrected chi connectivity index (χ4v) is 3.78. The van der Waals surface area contributed by atoms with Crippen molar-refractivity contribution in [2.24, 2.45) is 0 Å². The van der Waals surface area contributed by atoms with E-state index in [1.165, 1.54) is 12.1 Å². The summed E-state index contributed by atoms with van der Waals surface area (Å²) < 4.78 is 18.7. The van der Waals surface area contributed by atoms with Crippen LogP contribution in [-0.4, -0.2) is 18.0 Å². The molecule has 0 saturated carbocycles. The predicted octanol–water partition coefficient (Wildman–Crippen LogP) is 5.15. The summed E-state index contributed by atoms with van der Waals surface area (Å²) in [5, 5.41) is 4.04. The lowest BCUT2D eigenvalue weighted by Crippen LogP contribution is -2.25. The lowest BCUT2D eigenvalue weighted by Gasteiger charge is -2.20.